The molecule has 0 fully saturated rings. The topological polar surface area (TPSA) is 26.3 Å². The molecule has 13 heavy (non-hydrogen) atoms. The molecule has 0 aliphatic carbocycles. The molecule has 0 saturated carbocycles. The first-order valence-corrected chi connectivity index (χ1v) is 5.24. The van der Waals surface area contributed by atoms with Crippen LogP contribution in [0.1, 0.15) is 40.0 Å². The van der Waals surface area contributed by atoms with E-state index in [4.69, 9.17) is 16.3 Å². The number of rotatable bonds is 7. The van der Waals surface area contributed by atoms with Crippen LogP contribution < -0.4 is 0 Å². The van der Waals surface area contributed by atoms with Crippen LogP contribution in [0.15, 0.2) is 0 Å². The van der Waals surface area contributed by atoms with Gasteiger partial charge in [-0.2, -0.15) is 0 Å². The summed E-state index contributed by atoms with van der Waals surface area (Å²) in [5.41, 5.74) is 0. The van der Waals surface area contributed by atoms with E-state index < -0.39 is 0 Å². The maximum Gasteiger partial charge on any atom is 0.224 e. The number of carbonyl (C=O) groups excluding carboxylic acids is 1. The zero-order valence-electron chi connectivity index (χ0n) is 8.68. The van der Waals surface area contributed by atoms with E-state index in [0.717, 1.165) is 19.4 Å². The molecule has 0 aromatic carbocycles. The second-order valence-electron chi connectivity index (χ2n) is 3.64. The molecule has 2 nitrogen and oxygen atoms in total. The van der Waals surface area contributed by atoms with Crippen LogP contribution in [0.2, 0.25) is 0 Å². The second-order valence-corrected chi connectivity index (χ2v) is 4.06. The third-order valence-electron chi connectivity index (χ3n) is 1.89. The Morgan fingerprint density at radius 2 is 2.08 bits per heavy atom. The SMILES string of the molecule is CCC(CC(=O)Cl)OCCC(C)C. The van der Waals surface area contributed by atoms with Crippen LogP contribution in [-0.4, -0.2) is 18.0 Å². The molecule has 0 aromatic rings. The van der Waals surface area contributed by atoms with Crippen molar-refractivity contribution in [2.24, 2.45) is 5.92 Å². The van der Waals surface area contributed by atoms with Gasteiger partial charge in [-0.3, -0.25) is 4.79 Å². The molecule has 3 heteroatoms. The average Bonchev–Trinajstić information content (AvgIpc) is 2.01. The van der Waals surface area contributed by atoms with Gasteiger partial charge in [0, 0.05) is 13.0 Å². The van der Waals surface area contributed by atoms with Crippen LogP contribution in [0.4, 0.5) is 0 Å². The summed E-state index contributed by atoms with van der Waals surface area (Å²) in [6.45, 7) is 7.02. The highest BCUT2D eigenvalue weighted by Gasteiger charge is 2.10. The quantitative estimate of drug-likeness (QED) is 0.599. The van der Waals surface area contributed by atoms with Gasteiger partial charge in [0.2, 0.25) is 5.24 Å². The van der Waals surface area contributed by atoms with Crippen molar-refractivity contribution in [3.05, 3.63) is 0 Å². The van der Waals surface area contributed by atoms with E-state index in [9.17, 15) is 4.79 Å². The van der Waals surface area contributed by atoms with Crippen LogP contribution in [0.25, 0.3) is 0 Å². The first-order chi connectivity index (χ1) is 6.06. The highest BCUT2D eigenvalue weighted by Crippen LogP contribution is 2.08. The van der Waals surface area contributed by atoms with Crippen molar-refractivity contribution < 1.29 is 9.53 Å². The Bertz CT molecular complexity index is 146. The summed E-state index contributed by atoms with van der Waals surface area (Å²) in [7, 11) is 0. The normalized spacial score (nSPS) is 13.3. The predicted octanol–water partition coefficient (Wildman–Crippen LogP) is 2.98. The Morgan fingerprint density at radius 3 is 2.46 bits per heavy atom. The van der Waals surface area contributed by atoms with E-state index in [1.165, 1.54) is 0 Å². The number of carbonyl (C=O) groups is 1. The monoisotopic (exact) mass is 206 g/mol. The molecule has 0 heterocycles. The van der Waals surface area contributed by atoms with Crippen LogP contribution in [-0.2, 0) is 9.53 Å². The average molecular weight is 207 g/mol. The Morgan fingerprint density at radius 1 is 1.46 bits per heavy atom. The van der Waals surface area contributed by atoms with Gasteiger partial charge >= 0.3 is 0 Å². The number of hydrogen-bond donors (Lipinski definition) is 0. The van der Waals surface area contributed by atoms with Gasteiger partial charge in [0.15, 0.2) is 0 Å². The molecule has 0 amide bonds. The summed E-state index contributed by atoms with van der Waals surface area (Å²) in [5, 5.41) is -0.309. The van der Waals surface area contributed by atoms with Gasteiger partial charge in [0.25, 0.3) is 0 Å². The van der Waals surface area contributed by atoms with Crippen LogP contribution in [0, 0.1) is 5.92 Å². The van der Waals surface area contributed by atoms with Crippen LogP contribution in [0.5, 0.6) is 0 Å². The maximum absolute atomic E-state index is 10.6. The molecule has 0 saturated heterocycles. The number of hydrogen-bond acceptors (Lipinski definition) is 2. The van der Waals surface area contributed by atoms with E-state index in [0.29, 0.717) is 12.3 Å². The third-order valence-corrected chi connectivity index (χ3v) is 2.05. The standard InChI is InChI=1S/C10H19ClO2/c1-4-9(7-10(11)12)13-6-5-8(2)3/h8-9H,4-7H2,1-3H3. The molecule has 1 atom stereocenters. The molecule has 78 valence electrons. The van der Waals surface area contributed by atoms with Crippen molar-refractivity contribution in [2.75, 3.05) is 6.61 Å². The zero-order valence-corrected chi connectivity index (χ0v) is 9.43. The largest absolute Gasteiger partial charge is 0.378 e. The summed E-state index contributed by atoms with van der Waals surface area (Å²) < 4.78 is 5.51. The van der Waals surface area contributed by atoms with E-state index in [1.54, 1.807) is 0 Å². The van der Waals surface area contributed by atoms with Crippen molar-refractivity contribution in [2.45, 2.75) is 46.1 Å². The first kappa shape index (κ1) is 12.9. The van der Waals surface area contributed by atoms with Gasteiger partial charge in [-0.15, -0.1) is 0 Å². The summed E-state index contributed by atoms with van der Waals surface area (Å²) in [4.78, 5) is 10.6. The molecule has 0 radical (unpaired) electrons. The highest BCUT2D eigenvalue weighted by molar-refractivity contribution is 6.63. The van der Waals surface area contributed by atoms with E-state index in [1.807, 2.05) is 6.92 Å². The minimum absolute atomic E-state index is 0.00347. The number of halogens is 1. The third kappa shape index (κ3) is 8.26. The van der Waals surface area contributed by atoms with Crippen LogP contribution in [0.3, 0.4) is 0 Å². The van der Waals surface area contributed by atoms with Crippen molar-refractivity contribution in [3.8, 4) is 0 Å². The minimum Gasteiger partial charge on any atom is -0.378 e. The molecule has 0 aliphatic heterocycles. The lowest BCUT2D eigenvalue weighted by Crippen LogP contribution is -2.16. The molecule has 0 rings (SSSR count). The van der Waals surface area contributed by atoms with Crippen molar-refractivity contribution in [3.63, 3.8) is 0 Å². The molecule has 0 aliphatic rings. The lowest BCUT2D eigenvalue weighted by molar-refractivity contribution is -0.114. The second kappa shape index (κ2) is 7.34. The summed E-state index contributed by atoms with van der Waals surface area (Å²) in [5.74, 6) is 0.643. The molecule has 0 spiro atoms. The van der Waals surface area contributed by atoms with Gasteiger partial charge in [0.1, 0.15) is 0 Å². The first-order valence-electron chi connectivity index (χ1n) is 4.86. The molecule has 0 bridgehead atoms. The van der Waals surface area contributed by atoms with Gasteiger partial charge in [-0.25, -0.2) is 0 Å². The van der Waals surface area contributed by atoms with E-state index in [2.05, 4.69) is 13.8 Å². The molecular formula is C10H19ClO2. The van der Waals surface area contributed by atoms with Crippen molar-refractivity contribution in [1.82, 2.24) is 0 Å². The number of ether oxygens (including phenoxy) is 1. The molecule has 0 N–H and O–H groups in total. The Kier molecular flexibility index (Phi) is 7.29. The zero-order chi connectivity index (χ0) is 10.3. The molecule has 1 unspecified atom stereocenters. The summed E-state index contributed by atoms with van der Waals surface area (Å²) in [6.07, 6.45) is 2.21. The summed E-state index contributed by atoms with van der Waals surface area (Å²) >= 11 is 5.27. The Hall–Kier alpha value is -0.0800. The minimum atomic E-state index is -0.309. The lowest BCUT2D eigenvalue weighted by Gasteiger charge is -2.14. The van der Waals surface area contributed by atoms with Gasteiger partial charge in [0.05, 0.1) is 6.10 Å². The fourth-order valence-electron chi connectivity index (χ4n) is 0.971. The van der Waals surface area contributed by atoms with Crippen molar-refractivity contribution >= 4 is 16.8 Å². The van der Waals surface area contributed by atoms with Crippen LogP contribution >= 0.6 is 11.6 Å². The highest BCUT2D eigenvalue weighted by atomic mass is 35.5. The van der Waals surface area contributed by atoms with Gasteiger partial charge in [-0.05, 0) is 30.4 Å². The Balaban J connectivity index is 3.53. The fraction of sp³-hybridized carbons (Fsp3) is 0.900. The van der Waals surface area contributed by atoms with Gasteiger partial charge in [-0.1, -0.05) is 20.8 Å². The summed E-state index contributed by atoms with van der Waals surface area (Å²) in [6, 6.07) is 0. The lowest BCUT2D eigenvalue weighted by atomic mass is 10.1. The Labute approximate surface area is 85.6 Å². The van der Waals surface area contributed by atoms with E-state index in [-0.39, 0.29) is 11.3 Å². The molecular weight excluding hydrogens is 188 g/mol. The molecule has 0 aromatic heterocycles. The van der Waals surface area contributed by atoms with Gasteiger partial charge < -0.3 is 4.74 Å². The van der Waals surface area contributed by atoms with Crippen molar-refractivity contribution in [1.29, 1.82) is 0 Å². The smallest absolute Gasteiger partial charge is 0.224 e. The fourth-order valence-corrected chi connectivity index (χ4v) is 1.14. The maximum atomic E-state index is 10.6. The van der Waals surface area contributed by atoms with E-state index >= 15 is 0 Å². The predicted molar refractivity (Wildman–Crippen MR) is 55.0 cm³/mol.